The van der Waals surface area contributed by atoms with Crippen LogP contribution >= 0.6 is 0 Å². The van der Waals surface area contributed by atoms with Crippen LogP contribution in [0.15, 0.2) is 66.7 Å². The molecule has 0 saturated carbocycles. The van der Waals surface area contributed by atoms with E-state index in [1.807, 2.05) is 30.3 Å². The summed E-state index contributed by atoms with van der Waals surface area (Å²) in [6, 6.07) is 22.7. The molecule has 0 amide bonds. The third-order valence-electron chi connectivity index (χ3n) is 5.51. The maximum atomic E-state index is 5.95. The monoisotopic (exact) mass is 400 g/mol. The smallest absolute Gasteiger partial charge is 0.141 e. The maximum absolute atomic E-state index is 5.95. The van der Waals surface area contributed by atoms with Crippen LogP contribution in [0.3, 0.4) is 0 Å². The van der Waals surface area contributed by atoms with E-state index < -0.39 is 0 Å². The van der Waals surface area contributed by atoms with Gasteiger partial charge >= 0.3 is 0 Å². The summed E-state index contributed by atoms with van der Waals surface area (Å²) in [5.41, 5.74) is 5.80. The molecule has 0 N–H and O–H groups in total. The molecule has 3 aromatic carbocycles. The highest BCUT2D eigenvalue weighted by Crippen LogP contribution is 2.28. The van der Waals surface area contributed by atoms with Crippen molar-refractivity contribution in [3.8, 4) is 22.9 Å². The molecule has 1 aromatic heterocycles. The van der Waals surface area contributed by atoms with E-state index in [1.54, 1.807) is 7.11 Å². The second kappa shape index (κ2) is 9.04. The number of rotatable bonds is 8. The topological polar surface area (TPSA) is 36.3 Å². The van der Waals surface area contributed by atoms with Gasteiger partial charge in [-0.25, -0.2) is 4.98 Å². The lowest BCUT2D eigenvalue weighted by molar-refractivity contribution is 0.303. The SMILES string of the molecule is COc1cccc(-c2nc3ccccc3n2CCCCOc2ccc(C)c(C)c2)c1. The second-order valence-corrected chi connectivity index (χ2v) is 7.61. The highest BCUT2D eigenvalue weighted by molar-refractivity contribution is 5.80. The van der Waals surface area contributed by atoms with E-state index >= 15 is 0 Å². The number of aromatic nitrogens is 2. The van der Waals surface area contributed by atoms with Crippen LogP contribution < -0.4 is 9.47 Å². The minimum atomic E-state index is 0.712. The van der Waals surface area contributed by atoms with Gasteiger partial charge in [0.25, 0.3) is 0 Å². The number of imidazole rings is 1. The molecule has 0 bridgehead atoms. The fourth-order valence-electron chi connectivity index (χ4n) is 3.65. The van der Waals surface area contributed by atoms with Gasteiger partial charge in [0.2, 0.25) is 0 Å². The van der Waals surface area contributed by atoms with E-state index in [4.69, 9.17) is 14.5 Å². The number of aryl methyl sites for hydroxylation is 3. The zero-order valence-corrected chi connectivity index (χ0v) is 17.9. The molecule has 0 radical (unpaired) electrons. The number of para-hydroxylation sites is 2. The van der Waals surface area contributed by atoms with E-state index in [1.165, 1.54) is 11.1 Å². The van der Waals surface area contributed by atoms with Gasteiger partial charge in [-0.05, 0) is 74.2 Å². The van der Waals surface area contributed by atoms with Gasteiger partial charge in [0.15, 0.2) is 0 Å². The summed E-state index contributed by atoms with van der Waals surface area (Å²) in [7, 11) is 1.69. The third kappa shape index (κ3) is 4.33. The number of methoxy groups -OCH3 is 1. The molecule has 0 unspecified atom stereocenters. The van der Waals surface area contributed by atoms with E-state index in [2.05, 4.69) is 54.8 Å². The second-order valence-electron chi connectivity index (χ2n) is 7.61. The number of benzene rings is 3. The van der Waals surface area contributed by atoms with Crippen molar-refractivity contribution in [2.75, 3.05) is 13.7 Å². The Morgan fingerprint density at radius 3 is 2.53 bits per heavy atom. The van der Waals surface area contributed by atoms with Crippen molar-refractivity contribution < 1.29 is 9.47 Å². The third-order valence-corrected chi connectivity index (χ3v) is 5.51. The standard InChI is InChI=1S/C26H28N2O2/c1-19-13-14-23(17-20(19)2)30-16-7-6-15-28-25-12-5-4-11-24(25)27-26(28)21-9-8-10-22(18-21)29-3/h4-5,8-14,17-18H,6-7,15-16H2,1-3H3. The van der Waals surface area contributed by atoms with Crippen molar-refractivity contribution in [2.45, 2.75) is 33.2 Å². The molecular formula is C26H28N2O2. The van der Waals surface area contributed by atoms with Crippen LogP contribution in [0.2, 0.25) is 0 Å². The van der Waals surface area contributed by atoms with Crippen LogP contribution in [0, 0.1) is 13.8 Å². The molecule has 4 rings (SSSR count). The molecule has 154 valence electrons. The lowest BCUT2D eigenvalue weighted by Gasteiger charge is -2.11. The zero-order chi connectivity index (χ0) is 20.9. The molecule has 4 heteroatoms. The summed E-state index contributed by atoms with van der Waals surface area (Å²) in [6.45, 7) is 5.84. The van der Waals surface area contributed by atoms with Gasteiger partial charge in [-0.15, -0.1) is 0 Å². The van der Waals surface area contributed by atoms with Crippen molar-refractivity contribution in [1.82, 2.24) is 9.55 Å². The highest BCUT2D eigenvalue weighted by Gasteiger charge is 2.13. The van der Waals surface area contributed by atoms with Gasteiger partial charge in [0.1, 0.15) is 17.3 Å². The molecule has 4 nitrogen and oxygen atoms in total. The molecule has 0 aliphatic rings. The van der Waals surface area contributed by atoms with Crippen molar-refractivity contribution in [3.05, 3.63) is 77.9 Å². The van der Waals surface area contributed by atoms with E-state index in [-0.39, 0.29) is 0 Å². The molecule has 0 saturated heterocycles. The van der Waals surface area contributed by atoms with Crippen molar-refractivity contribution in [1.29, 1.82) is 0 Å². The predicted molar refractivity (Wildman–Crippen MR) is 122 cm³/mol. The van der Waals surface area contributed by atoms with Crippen molar-refractivity contribution in [2.24, 2.45) is 0 Å². The minimum Gasteiger partial charge on any atom is -0.497 e. The van der Waals surface area contributed by atoms with E-state index in [0.29, 0.717) is 6.61 Å². The molecule has 30 heavy (non-hydrogen) atoms. The molecule has 0 aliphatic heterocycles. The first kappa shape index (κ1) is 20.0. The Kier molecular flexibility index (Phi) is 6.03. The van der Waals surface area contributed by atoms with Gasteiger partial charge in [0, 0.05) is 12.1 Å². The van der Waals surface area contributed by atoms with Crippen LogP contribution in [-0.2, 0) is 6.54 Å². The zero-order valence-electron chi connectivity index (χ0n) is 17.9. The summed E-state index contributed by atoms with van der Waals surface area (Å²) in [6.07, 6.45) is 2.00. The molecule has 0 spiro atoms. The molecule has 4 aromatic rings. The first-order chi connectivity index (χ1) is 14.7. The number of ether oxygens (including phenoxy) is 2. The summed E-state index contributed by atoms with van der Waals surface area (Å²) >= 11 is 0. The fraction of sp³-hybridized carbons (Fsp3) is 0.269. The quantitative estimate of drug-likeness (QED) is 0.331. The van der Waals surface area contributed by atoms with E-state index in [0.717, 1.165) is 53.3 Å². The highest BCUT2D eigenvalue weighted by atomic mass is 16.5. The lowest BCUT2D eigenvalue weighted by atomic mass is 10.1. The largest absolute Gasteiger partial charge is 0.497 e. The molecular weight excluding hydrogens is 372 g/mol. The van der Waals surface area contributed by atoms with Gasteiger partial charge in [-0.3, -0.25) is 0 Å². The molecule has 0 fully saturated rings. The number of unbranched alkanes of at least 4 members (excludes halogenated alkanes) is 1. The Bertz CT molecular complexity index is 1150. The van der Waals surface area contributed by atoms with Crippen LogP contribution in [-0.4, -0.2) is 23.3 Å². The van der Waals surface area contributed by atoms with Crippen molar-refractivity contribution >= 4 is 11.0 Å². The Labute approximate surface area is 178 Å². The van der Waals surface area contributed by atoms with Gasteiger partial charge < -0.3 is 14.0 Å². The van der Waals surface area contributed by atoms with Crippen LogP contribution in [0.25, 0.3) is 22.4 Å². The molecule has 0 aliphatic carbocycles. The van der Waals surface area contributed by atoms with Gasteiger partial charge in [-0.1, -0.05) is 30.3 Å². The Hall–Kier alpha value is -3.27. The maximum Gasteiger partial charge on any atom is 0.141 e. The normalized spacial score (nSPS) is 11.0. The van der Waals surface area contributed by atoms with Crippen LogP contribution in [0.5, 0.6) is 11.5 Å². The Morgan fingerprint density at radius 2 is 1.70 bits per heavy atom. The fourth-order valence-corrected chi connectivity index (χ4v) is 3.65. The number of fused-ring (bicyclic) bond motifs is 1. The summed E-state index contributed by atoms with van der Waals surface area (Å²) in [5.74, 6) is 2.77. The summed E-state index contributed by atoms with van der Waals surface area (Å²) in [5, 5.41) is 0. The lowest BCUT2D eigenvalue weighted by Crippen LogP contribution is -2.04. The number of hydrogen-bond donors (Lipinski definition) is 0. The van der Waals surface area contributed by atoms with Crippen LogP contribution in [0.4, 0.5) is 0 Å². The number of hydrogen-bond acceptors (Lipinski definition) is 3. The summed E-state index contributed by atoms with van der Waals surface area (Å²) in [4.78, 5) is 4.90. The summed E-state index contributed by atoms with van der Waals surface area (Å²) < 4.78 is 13.7. The van der Waals surface area contributed by atoms with E-state index in [9.17, 15) is 0 Å². The molecule has 1 heterocycles. The number of nitrogens with zero attached hydrogens (tertiary/aromatic N) is 2. The first-order valence-corrected chi connectivity index (χ1v) is 10.5. The Balaban J connectivity index is 1.47. The van der Waals surface area contributed by atoms with Crippen molar-refractivity contribution in [3.63, 3.8) is 0 Å². The predicted octanol–water partition coefficient (Wildman–Crippen LogP) is 6.19. The van der Waals surface area contributed by atoms with Gasteiger partial charge in [0.05, 0.1) is 24.8 Å². The Morgan fingerprint density at radius 1 is 0.833 bits per heavy atom. The van der Waals surface area contributed by atoms with Gasteiger partial charge in [-0.2, -0.15) is 0 Å². The first-order valence-electron chi connectivity index (χ1n) is 10.5. The average molecular weight is 401 g/mol. The minimum absolute atomic E-state index is 0.712. The van der Waals surface area contributed by atoms with Crippen LogP contribution in [0.1, 0.15) is 24.0 Å². The molecule has 0 atom stereocenters. The average Bonchev–Trinajstić information content (AvgIpc) is 3.14.